The number of amides is 2. The maximum Gasteiger partial charge on any atom is 0.270 e. The standard InChI is InChI=1S/C17H14N3O3/c21-13-12-20(19-17(23)15-8-10-18-11-9-15)16(22)7-6-14-4-2-1-3-5-14/h1-11H,12H2,(H,19,23). The topological polar surface area (TPSA) is 79.4 Å². The van der Waals surface area contributed by atoms with Gasteiger partial charge in [-0.15, -0.1) is 0 Å². The fourth-order valence-electron chi connectivity index (χ4n) is 1.75. The quantitative estimate of drug-likeness (QED) is 0.668. The number of carbonyl (C=O) groups is 2. The summed E-state index contributed by atoms with van der Waals surface area (Å²) in [6.07, 6.45) is 7.39. The van der Waals surface area contributed by atoms with Crippen molar-refractivity contribution in [3.8, 4) is 0 Å². The van der Waals surface area contributed by atoms with Gasteiger partial charge in [0, 0.05) is 24.0 Å². The zero-order valence-corrected chi connectivity index (χ0v) is 12.2. The summed E-state index contributed by atoms with van der Waals surface area (Å²) in [6, 6.07) is 12.2. The minimum Gasteiger partial charge on any atom is -0.289 e. The van der Waals surface area contributed by atoms with Crippen LogP contribution in [0.4, 0.5) is 0 Å². The lowest BCUT2D eigenvalue weighted by molar-refractivity contribution is -0.127. The lowest BCUT2D eigenvalue weighted by Crippen LogP contribution is -2.46. The summed E-state index contributed by atoms with van der Waals surface area (Å²) in [6.45, 7) is -0.366. The van der Waals surface area contributed by atoms with Crippen LogP contribution in [0.15, 0.2) is 60.9 Å². The zero-order chi connectivity index (χ0) is 16.5. The summed E-state index contributed by atoms with van der Waals surface area (Å²) >= 11 is 0. The van der Waals surface area contributed by atoms with Gasteiger partial charge in [-0.3, -0.25) is 24.8 Å². The summed E-state index contributed by atoms with van der Waals surface area (Å²) in [7, 11) is 0. The first-order valence-corrected chi connectivity index (χ1v) is 6.81. The van der Waals surface area contributed by atoms with Gasteiger partial charge in [-0.2, -0.15) is 0 Å². The van der Waals surface area contributed by atoms with Crippen LogP contribution in [0.5, 0.6) is 0 Å². The Morgan fingerprint density at radius 3 is 2.48 bits per heavy atom. The number of nitrogens with zero attached hydrogens (tertiary/aromatic N) is 2. The number of pyridine rings is 1. The third kappa shape index (κ3) is 4.89. The van der Waals surface area contributed by atoms with Gasteiger partial charge in [0.15, 0.2) is 0 Å². The summed E-state index contributed by atoms with van der Waals surface area (Å²) in [5.74, 6) is -1.04. The molecule has 0 spiro atoms. The van der Waals surface area contributed by atoms with Gasteiger partial charge in [0.1, 0.15) is 6.54 Å². The number of aromatic nitrogens is 1. The highest BCUT2D eigenvalue weighted by atomic mass is 16.2. The largest absolute Gasteiger partial charge is 0.289 e. The van der Waals surface area contributed by atoms with Gasteiger partial charge in [0.05, 0.1) is 0 Å². The van der Waals surface area contributed by atoms with Crippen molar-refractivity contribution in [3.63, 3.8) is 0 Å². The fraction of sp³-hybridized carbons (Fsp3) is 0.0588. The van der Waals surface area contributed by atoms with Gasteiger partial charge >= 0.3 is 0 Å². The molecule has 6 nitrogen and oxygen atoms in total. The molecule has 0 aliphatic rings. The number of hydrazine groups is 1. The summed E-state index contributed by atoms with van der Waals surface area (Å²) < 4.78 is 0. The van der Waals surface area contributed by atoms with E-state index in [1.165, 1.54) is 30.6 Å². The lowest BCUT2D eigenvalue weighted by atomic mass is 10.2. The molecule has 6 heteroatoms. The minimum absolute atomic E-state index is 0.329. The molecule has 0 saturated heterocycles. The van der Waals surface area contributed by atoms with Crippen LogP contribution in [0.1, 0.15) is 15.9 Å². The number of rotatable bonds is 5. The second kappa shape index (κ2) is 8.23. The molecule has 0 fully saturated rings. The smallest absolute Gasteiger partial charge is 0.270 e. The van der Waals surface area contributed by atoms with E-state index in [-0.39, 0.29) is 6.54 Å². The molecule has 0 atom stereocenters. The van der Waals surface area contributed by atoms with E-state index < -0.39 is 11.8 Å². The Morgan fingerprint density at radius 2 is 1.83 bits per heavy atom. The molecule has 0 bridgehead atoms. The molecule has 0 saturated carbocycles. The minimum atomic E-state index is -0.528. The molecule has 2 amide bonds. The molecule has 1 N–H and O–H groups in total. The Labute approximate surface area is 133 Å². The van der Waals surface area contributed by atoms with Crippen molar-refractivity contribution in [3.05, 3.63) is 72.1 Å². The third-order valence-electron chi connectivity index (χ3n) is 2.89. The van der Waals surface area contributed by atoms with Gasteiger partial charge < -0.3 is 0 Å². The van der Waals surface area contributed by atoms with Gasteiger partial charge in [0.2, 0.25) is 6.29 Å². The van der Waals surface area contributed by atoms with E-state index in [0.717, 1.165) is 10.6 Å². The van der Waals surface area contributed by atoms with E-state index in [1.54, 1.807) is 12.4 Å². The van der Waals surface area contributed by atoms with Crippen LogP contribution in [-0.4, -0.2) is 34.6 Å². The van der Waals surface area contributed by atoms with Crippen LogP contribution in [0.3, 0.4) is 0 Å². The Kier molecular flexibility index (Phi) is 5.76. The van der Waals surface area contributed by atoms with E-state index >= 15 is 0 Å². The molecule has 115 valence electrons. The monoisotopic (exact) mass is 308 g/mol. The number of benzene rings is 1. The molecular weight excluding hydrogens is 294 g/mol. The van der Waals surface area contributed by atoms with Gasteiger partial charge in [-0.1, -0.05) is 30.3 Å². The second-order valence-corrected chi connectivity index (χ2v) is 4.49. The Morgan fingerprint density at radius 1 is 1.13 bits per heavy atom. The van der Waals surface area contributed by atoms with Crippen molar-refractivity contribution in [2.45, 2.75) is 0 Å². The summed E-state index contributed by atoms with van der Waals surface area (Å²) in [4.78, 5) is 38.5. The number of nitrogens with one attached hydrogen (secondary N) is 1. The summed E-state index contributed by atoms with van der Waals surface area (Å²) in [5, 5.41) is 0.898. The lowest BCUT2D eigenvalue weighted by Gasteiger charge is -2.19. The zero-order valence-electron chi connectivity index (χ0n) is 12.2. The van der Waals surface area contributed by atoms with E-state index in [9.17, 15) is 14.4 Å². The van der Waals surface area contributed by atoms with Crippen molar-refractivity contribution >= 4 is 24.2 Å². The van der Waals surface area contributed by atoms with E-state index in [1.807, 2.05) is 30.3 Å². The van der Waals surface area contributed by atoms with Crippen LogP contribution in [-0.2, 0) is 9.59 Å². The van der Waals surface area contributed by atoms with Crippen molar-refractivity contribution in [2.24, 2.45) is 0 Å². The molecule has 2 aromatic rings. The molecule has 23 heavy (non-hydrogen) atoms. The Balaban J connectivity index is 2.05. The third-order valence-corrected chi connectivity index (χ3v) is 2.89. The maximum absolute atomic E-state index is 12.1. The molecule has 1 radical (unpaired) electrons. The fourth-order valence-corrected chi connectivity index (χ4v) is 1.75. The molecule has 0 unspecified atom stereocenters. The van der Waals surface area contributed by atoms with Gasteiger partial charge in [-0.25, -0.2) is 5.01 Å². The summed E-state index contributed by atoms with van der Waals surface area (Å²) in [5.41, 5.74) is 3.53. The number of hydrogen-bond donors (Lipinski definition) is 1. The van der Waals surface area contributed by atoms with Crippen molar-refractivity contribution in [1.29, 1.82) is 0 Å². The van der Waals surface area contributed by atoms with Crippen LogP contribution in [0, 0.1) is 0 Å². The van der Waals surface area contributed by atoms with Gasteiger partial charge in [0.25, 0.3) is 11.8 Å². The molecule has 1 heterocycles. The molecule has 1 aromatic carbocycles. The molecule has 0 aliphatic carbocycles. The van der Waals surface area contributed by atoms with Crippen molar-refractivity contribution in [1.82, 2.24) is 15.4 Å². The van der Waals surface area contributed by atoms with Crippen LogP contribution in [0.25, 0.3) is 6.08 Å². The number of hydrogen-bond acceptors (Lipinski definition) is 4. The van der Waals surface area contributed by atoms with Crippen molar-refractivity contribution < 1.29 is 14.4 Å². The first-order valence-electron chi connectivity index (χ1n) is 6.81. The highest BCUT2D eigenvalue weighted by Crippen LogP contribution is 2.02. The second-order valence-electron chi connectivity index (χ2n) is 4.49. The maximum atomic E-state index is 12.1. The first-order chi connectivity index (χ1) is 11.2. The van der Waals surface area contributed by atoms with E-state index in [0.29, 0.717) is 5.56 Å². The first kappa shape index (κ1) is 16.1. The van der Waals surface area contributed by atoms with Gasteiger partial charge in [-0.05, 0) is 23.8 Å². The molecule has 0 aliphatic heterocycles. The SMILES string of the molecule is O=[C]CN(NC(=O)c1ccncc1)C(=O)C=Cc1ccccc1. The molecule has 1 aromatic heterocycles. The predicted octanol–water partition coefficient (Wildman–Crippen LogP) is 1.38. The van der Waals surface area contributed by atoms with E-state index in [4.69, 9.17) is 0 Å². The Bertz CT molecular complexity index is 700. The average molecular weight is 308 g/mol. The molecular formula is C17H14N3O3. The van der Waals surface area contributed by atoms with Crippen LogP contribution < -0.4 is 5.43 Å². The Hall–Kier alpha value is -3.28. The predicted molar refractivity (Wildman–Crippen MR) is 84.6 cm³/mol. The van der Waals surface area contributed by atoms with E-state index in [2.05, 4.69) is 10.4 Å². The highest BCUT2D eigenvalue weighted by molar-refractivity contribution is 5.98. The highest BCUT2D eigenvalue weighted by Gasteiger charge is 2.15. The van der Waals surface area contributed by atoms with Crippen LogP contribution in [0.2, 0.25) is 0 Å². The average Bonchev–Trinajstić information content (AvgIpc) is 2.61. The van der Waals surface area contributed by atoms with Crippen LogP contribution >= 0.6 is 0 Å². The normalized spacial score (nSPS) is 10.3. The van der Waals surface area contributed by atoms with Crippen molar-refractivity contribution in [2.75, 3.05) is 6.54 Å². The number of carbonyl (C=O) groups excluding carboxylic acids is 3. The molecule has 2 rings (SSSR count).